The van der Waals surface area contributed by atoms with Crippen LogP contribution in [0, 0.1) is 0 Å². The van der Waals surface area contributed by atoms with Crippen molar-refractivity contribution < 1.29 is 13.6 Å². The highest BCUT2D eigenvalue weighted by Gasteiger charge is 2.38. The first-order valence-electron chi connectivity index (χ1n) is 21.4. The third-order valence-corrected chi connectivity index (χ3v) is 16.6. The van der Waals surface area contributed by atoms with E-state index in [9.17, 15) is 0 Å². The number of rotatable bonds is 8. The minimum atomic E-state index is -1.57. The third kappa shape index (κ3) is 5.98. The molecule has 10 aromatic rings. The van der Waals surface area contributed by atoms with Gasteiger partial charge in [-0.25, -0.2) is 0 Å². The Morgan fingerprint density at radius 2 is 0.742 bits per heavy atom. The quantitative estimate of drug-likeness (QED) is 0.143. The van der Waals surface area contributed by atoms with Crippen molar-refractivity contribution in [2.45, 2.75) is 39.3 Å². The minimum Gasteiger partial charge on any atom is -0.454 e. The maximum absolute atomic E-state index is 15.6. The van der Waals surface area contributed by atoms with Gasteiger partial charge in [0.1, 0.15) is 11.2 Å². The van der Waals surface area contributed by atoms with E-state index in [1.807, 2.05) is 36.4 Å². The van der Waals surface area contributed by atoms with Crippen molar-refractivity contribution in [3.05, 3.63) is 181 Å². The Labute approximate surface area is 363 Å². The second-order valence-corrected chi connectivity index (χ2v) is 28.7. The summed E-state index contributed by atoms with van der Waals surface area (Å²) in [5.41, 5.74) is 11.6. The van der Waals surface area contributed by atoms with Crippen molar-refractivity contribution in [2.24, 2.45) is 0 Å². The number of fused-ring (bicyclic) bond motifs is 11. The van der Waals surface area contributed by atoms with Crippen LogP contribution in [0.5, 0.6) is 0 Å². The van der Waals surface area contributed by atoms with Crippen molar-refractivity contribution in [1.82, 2.24) is 0 Å². The molecule has 62 heavy (non-hydrogen) atoms. The fourth-order valence-corrected chi connectivity index (χ4v) is 11.7. The van der Waals surface area contributed by atoms with Gasteiger partial charge in [-0.05, 0) is 72.8 Å². The molecule has 1 aliphatic carbocycles. The summed E-state index contributed by atoms with van der Waals surface area (Å²) in [5, 5.41) is 6.52. The summed E-state index contributed by atoms with van der Waals surface area (Å²) in [5.74, 6) is -0.0268. The van der Waals surface area contributed by atoms with E-state index in [2.05, 4.69) is 183 Å². The molecular formula is C55H46N2O3Si2. The van der Waals surface area contributed by atoms with Crippen LogP contribution in [0.25, 0.3) is 55.0 Å². The van der Waals surface area contributed by atoms with Crippen molar-refractivity contribution in [3.8, 4) is 11.1 Å². The Bertz CT molecular complexity index is 3150. The van der Waals surface area contributed by atoms with E-state index in [1.165, 1.54) is 10.4 Å². The highest BCUT2D eigenvalue weighted by atomic mass is 28.3. The zero-order valence-electron chi connectivity index (χ0n) is 35.8. The van der Waals surface area contributed by atoms with Crippen LogP contribution < -0.4 is 20.2 Å². The van der Waals surface area contributed by atoms with E-state index >= 15 is 4.79 Å². The predicted molar refractivity (Wildman–Crippen MR) is 265 cm³/mol. The van der Waals surface area contributed by atoms with E-state index in [0.717, 1.165) is 89.1 Å². The Morgan fingerprint density at radius 3 is 1.11 bits per heavy atom. The molecule has 0 saturated heterocycles. The summed E-state index contributed by atoms with van der Waals surface area (Å²) >= 11 is 0. The monoisotopic (exact) mass is 838 g/mol. The predicted octanol–water partition coefficient (Wildman–Crippen LogP) is 14.7. The molecule has 0 fully saturated rings. The van der Waals surface area contributed by atoms with Crippen molar-refractivity contribution in [3.63, 3.8) is 0 Å². The van der Waals surface area contributed by atoms with Crippen LogP contribution in [-0.2, 0) is 0 Å². The van der Waals surface area contributed by atoms with Gasteiger partial charge in [0.15, 0.2) is 16.9 Å². The van der Waals surface area contributed by atoms with Crippen LogP contribution in [-0.4, -0.2) is 21.9 Å². The number of para-hydroxylation sites is 4. The Kier molecular flexibility index (Phi) is 8.62. The van der Waals surface area contributed by atoms with Crippen LogP contribution in [0.15, 0.2) is 179 Å². The molecule has 5 nitrogen and oxygen atoms in total. The van der Waals surface area contributed by atoms with Gasteiger partial charge in [-0.2, -0.15) is 0 Å². The average molecular weight is 839 g/mol. The molecule has 302 valence electrons. The van der Waals surface area contributed by atoms with Gasteiger partial charge in [-0.1, -0.05) is 147 Å². The van der Waals surface area contributed by atoms with E-state index in [1.54, 1.807) is 0 Å². The number of furan rings is 2. The number of anilines is 6. The van der Waals surface area contributed by atoms with Gasteiger partial charge in [0.2, 0.25) is 0 Å². The molecule has 1 aliphatic rings. The second-order valence-electron chi connectivity index (χ2n) is 18.5. The summed E-state index contributed by atoms with van der Waals surface area (Å²) < 4.78 is 14.0. The van der Waals surface area contributed by atoms with Crippen LogP contribution in [0.4, 0.5) is 34.1 Å². The number of nitrogens with zero attached hydrogens (tertiary/aromatic N) is 2. The summed E-state index contributed by atoms with van der Waals surface area (Å²) in [7, 11) is -3.14. The highest BCUT2D eigenvalue weighted by molar-refractivity contribution is 6.89. The summed E-state index contributed by atoms with van der Waals surface area (Å²) in [4.78, 5) is 20.1. The minimum absolute atomic E-state index is 0.0268. The van der Waals surface area contributed by atoms with Crippen molar-refractivity contribution >= 4 is 110 Å². The largest absolute Gasteiger partial charge is 0.454 e. The average Bonchev–Trinajstić information content (AvgIpc) is 3.94. The lowest BCUT2D eigenvalue weighted by atomic mass is 9.93. The fourth-order valence-electron chi connectivity index (χ4n) is 9.35. The number of hydrogen-bond acceptors (Lipinski definition) is 5. The van der Waals surface area contributed by atoms with Gasteiger partial charge in [0.25, 0.3) is 0 Å². The SMILES string of the molecule is C[Si](C)(C)c1ccc(N(c2ccccc2)c2cc3c(c4c2oc2ccccc24)-c2c(cc(N(c4ccccc4)c4ccc([Si](C)(C)C)cc4)c4oc5ccccc5c24)C3=O)cc1. The lowest BCUT2D eigenvalue weighted by molar-refractivity contribution is 0.104. The Morgan fingerprint density at radius 1 is 0.403 bits per heavy atom. The number of ketones is 1. The molecular weight excluding hydrogens is 793 g/mol. The van der Waals surface area contributed by atoms with Crippen molar-refractivity contribution in [2.75, 3.05) is 9.80 Å². The summed E-state index contributed by atoms with van der Waals surface area (Å²) in [6, 6.07) is 59.2. The van der Waals surface area contributed by atoms with E-state index in [-0.39, 0.29) is 5.78 Å². The first-order chi connectivity index (χ1) is 30.0. The molecule has 0 saturated carbocycles. The number of carbonyl (C=O) groups excluding carboxylic acids is 1. The van der Waals surface area contributed by atoms with Gasteiger partial charge < -0.3 is 18.6 Å². The van der Waals surface area contributed by atoms with Crippen LogP contribution in [0.3, 0.4) is 0 Å². The summed E-state index contributed by atoms with van der Waals surface area (Å²) in [6.07, 6.45) is 0. The standard InChI is InChI=1S/C55H46N2O3Si2/c1-61(2,3)39-29-25-37(26-30-39)56(35-17-9-7-10-18-35)45-33-43-49(51-41-21-13-15-23-47(41)59-54(45)51)50-44(53(43)58)34-46(55-52(50)42-22-14-16-24-48(42)60-55)57(36-19-11-8-12-20-36)38-27-31-40(32-28-38)62(4,5)6/h7-34H,1-6H3. The Hall–Kier alpha value is -6.94. The third-order valence-electron chi connectivity index (χ3n) is 12.5. The van der Waals surface area contributed by atoms with E-state index in [0.29, 0.717) is 11.1 Å². The molecule has 0 amide bonds. The molecule has 8 aromatic carbocycles. The molecule has 2 heterocycles. The maximum Gasteiger partial charge on any atom is 0.194 e. The lowest BCUT2D eigenvalue weighted by Crippen LogP contribution is -2.37. The number of hydrogen-bond donors (Lipinski definition) is 0. The fraction of sp³-hybridized carbons (Fsp3) is 0.109. The molecule has 2 aromatic heterocycles. The normalized spacial score (nSPS) is 12.7. The number of carbonyl (C=O) groups is 1. The number of benzene rings is 8. The molecule has 0 spiro atoms. The molecule has 0 N–H and O–H groups in total. The zero-order valence-corrected chi connectivity index (χ0v) is 37.8. The first-order valence-corrected chi connectivity index (χ1v) is 28.4. The second kappa shape index (κ2) is 14.1. The zero-order chi connectivity index (χ0) is 42.5. The van der Waals surface area contributed by atoms with Crippen LogP contribution in [0.1, 0.15) is 15.9 Å². The molecule has 0 bridgehead atoms. The maximum atomic E-state index is 15.6. The summed E-state index contributed by atoms with van der Waals surface area (Å²) in [6.45, 7) is 14.2. The molecule has 0 radical (unpaired) electrons. The van der Waals surface area contributed by atoms with Gasteiger partial charge >= 0.3 is 0 Å². The molecule has 0 aliphatic heterocycles. The van der Waals surface area contributed by atoms with Crippen LogP contribution >= 0.6 is 0 Å². The smallest absolute Gasteiger partial charge is 0.194 e. The van der Waals surface area contributed by atoms with E-state index < -0.39 is 16.1 Å². The van der Waals surface area contributed by atoms with Gasteiger partial charge in [0.05, 0.1) is 27.5 Å². The molecule has 0 atom stereocenters. The molecule has 7 heteroatoms. The van der Waals surface area contributed by atoms with Crippen molar-refractivity contribution in [1.29, 1.82) is 0 Å². The van der Waals surface area contributed by atoms with Gasteiger partial charge in [-0.15, -0.1) is 0 Å². The Balaban J connectivity index is 1.22. The van der Waals surface area contributed by atoms with E-state index in [4.69, 9.17) is 8.83 Å². The topological polar surface area (TPSA) is 49.8 Å². The first kappa shape index (κ1) is 38.0. The lowest BCUT2D eigenvalue weighted by Gasteiger charge is -2.27. The molecule has 0 unspecified atom stereocenters. The molecule has 11 rings (SSSR count). The van der Waals surface area contributed by atoms with Crippen LogP contribution in [0.2, 0.25) is 39.3 Å². The highest BCUT2D eigenvalue weighted by Crippen LogP contribution is 2.56. The van der Waals surface area contributed by atoms with Gasteiger partial charge in [-0.3, -0.25) is 4.79 Å². The van der Waals surface area contributed by atoms with Gasteiger partial charge in [0, 0.05) is 66.5 Å².